The topological polar surface area (TPSA) is 110 Å². The SMILES string of the molecule is O[13CH2][C@H]1O[13CH](O)[C@H](O)[C@@H](O)[C@@H]1O. The zero-order valence-corrected chi connectivity index (χ0v) is 6.24. The molecule has 1 rings (SSSR count). The van der Waals surface area contributed by atoms with Gasteiger partial charge in [-0.15, -0.1) is 0 Å². The van der Waals surface area contributed by atoms with Crippen LogP contribution in [0.1, 0.15) is 0 Å². The van der Waals surface area contributed by atoms with Crippen molar-refractivity contribution in [3.05, 3.63) is 0 Å². The molecule has 0 bridgehead atoms. The van der Waals surface area contributed by atoms with Gasteiger partial charge in [0.1, 0.15) is 24.4 Å². The lowest BCUT2D eigenvalue weighted by molar-refractivity contribution is -0.286. The number of aliphatic hydroxyl groups excluding tert-OH is 5. The van der Waals surface area contributed by atoms with Crippen LogP contribution >= 0.6 is 0 Å². The molecule has 6 heteroatoms. The first-order valence-electron chi connectivity index (χ1n) is 3.56. The molecule has 0 radical (unpaired) electrons. The van der Waals surface area contributed by atoms with Gasteiger partial charge >= 0.3 is 0 Å². The Balaban J connectivity index is 2.63. The molecule has 1 fully saturated rings. The summed E-state index contributed by atoms with van der Waals surface area (Å²) in [5.74, 6) is 0. The van der Waals surface area contributed by atoms with Gasteiger partial charge in [-0.1, -0.05) is 0 Å². The van der Waals surface area contributed by atoms with Crippen LogP contribution in [0.25, 0.3) is 0 Å². The molecule has 0 aromatic carbocycles. The Hall–Kier alpha value is -0.240. The van der Waals surface area contributed by atoms with E-state index in [0.29, 0.717) is 0 Å². The Kier molecular flexibility index (Phi) is 2.99. The highest BCUT2D eigenvalue weighted by atomic mass is 16.7. The molecule has 6 nitrogen and oxygen atoms in total. The van der Waals surface area contributed by atoms with Crippen LogP contribution in [0.2, 0.25) is 0 Å². The van der Waals surface area contributed by atoms with Crippen LogP contribution in [-0.4, -0.2) is 62.8 Å². The van der Waals surface area contributed by atoms with Gasteiger partial charge in [-0.3, -0.25) is 0 Å². The lowest BCUT2D eigenvalue weighted by atomic mass is 10.1. The molecular weight excluding hydrogens is 170 g/mol. The first-order valence-corrected chi connectivity index (χ1v) is 3.56. The Labute approximate surface area is 68.6 Å². The predicted octanol–water partition coefficient (Wildman–Crippen LogP) is -3.22. The molecule has 72 valence electrons. The summed E-state index contributed by atoms with van der Waals surface area (Å²) in [5, 5.41) is 44.7. The molecule has 0 saturated carbocycles. The average Bonchev–Trinajstić information content (AvgIpc) is 2.08. The van der Waals surface area contributed by atoms with Crippen molar-refractivity contribution < 1.29 is 30.3 Å². The fourth-order valence-electron chi connectivity index (χ4n) is 1.08. The molecule has 0 spiro atoms. The van der Waals surface area contributed by atoms with Crippen LogP contribution in [0.4, 0.5) is 0 Å². The summed E-state index contributed by atoms with van der Waals surface area (Å²) in [6.45, 7) is -0.526. The monoisotopic (exact) mass is 182 g/mol. The molecule has 1 unspecified atom stereocenters. The zero-order chi connectivity index (χ0) is 9.30. The maximum absolute atomic E-state index is 9.12. The summed E-state index contributed by atoms with van der Waals surface area (Å²) in [7, 11) is 0. The fraction of sp³-hybridized carbons (Fsp3) is 1.00. The number of rotatable bonds is 1. The van der Waals surface area contributed by atoms with Gasteiger partial charge < -0.3 is 30.3 Å². The van der Waals surface area contributed by atoms with E-state index in [0.717, 1.165) is 0 Å². The predicted molar refractivity (Wildman–Crippen MR) is 36.0 cm³/mol. The third-order valence-electron chi connectivity index (χ3n) is 1.87. The van der Waals surface area contributed by atoms with Crippen LogP contribution in [-0.2, 0) is 4.74 Å². The lowest BCUT2D eigenvalue weighted by Gasteiger charge is -2.37. The van der Waals surface area contributed by atoms with Crippen molar-refractivity contribution >= 4 is 0 Å². The summed E-state index contributed by atoms with van der Waals surface area (Å²) in [4.78, 5) is 0. The van der Waals surface area contributed by atoms with Gasteiger partial charge in [-0.2, -0.15) is 0 Å². The first-order chi connectivity index (χ1) is 5.57. The Bertz CT molecular complexity index is 146. The highest BCUT2D eigenvalue weighted by Gasteiger charge is 2.42. The van der Waals surface area contributed by atoms with E-state index in [-0.39, 0.29) is 0 Å². The minimum atomic E-state index is -1.57. The second-order valence-corrected chi connectivity index (χ2v) is 2.72. The van der Waals surface area contributed by atoms with Gasteiger partial charge in [0, 0.05) is 0 Å². The smallest absolute Gasteiger partial charge is 0.184 e. The second kappa shape index (κ2) is 3.65. The van der Waals surface area contributed by atoms with Gasteiger partial charge in [0.15, 0.2) is 6.29 Å². The molecular formula is C6H12O6. The molecule has 5 atom stereocenters. The number of hydrogen-bond donors (Lipinski definition) is 5. The normalized spacial score (nSPS) is 49.2. The minimum absolute atomic E-state index is 0.526. The number of ether oxygens (including phenoxy) is 1. The fourth-order valence-corrected chi connectivity index (χ4v) is 1.08. The lowest BCUT2D eigenvalue weighted by Crippen LogP contribution is -2.58. The molecule has 1 saturated heterocycles. The third-order valence-corrected chi connectivity index (χ3v) is 1.87. The van der Waals surface area contributed by atoms with Crippen LogP contribution < -0.4 is 0 Å². The van der Waals surface area contributed by atoms with E-state index in [1.807, 2.05) is 0 Å². The van der Waals surface area contributed by atoms with Crippen molar-refractivity contribution in [3.8, 4) is 0 Å². The highest BCUT2D eigenvalue weighted by molar-refractivity contribution is 4.87. The first kappa shape index (κ1) is 9.85. The van der Waals surface area contributed by atoms with Gasteiger partial charge in [0.05, 0.1) is 6.61 Å². The molecule has 0 aromatic heterocycles. The van der Waals surface area contributed by atoms with E-state index >= 15 is 0 Å². The van der Waals surface area contributed by atoms with Gasteiger partial charge in [0.25, 0.3) is 0 Å². The molecule has 0 aliphatic carbocycles. The van der Waals surface area contributed by atoms with Crippen molar-refractivity contribution in [2.75, 3.05) is 6.61 Å². The van der Waals surface area contributed by atoms with Gasteiger partial charge in [0.2, 0.25) is 0 Å². The third kappa shape index (κ3) is 1.58. The van der Waals surface area contributed by atoms with Crippen LogP contribution in [0.5, 0.6) is 0 Å². The summed E-state index contributed by atoms with van der Waals surface area (Å²) in [6, 6.07) is 0. The van der Waals surface area contributed by atoms with E-state index in [2.05, 4.69) is 4.74 Å². The number of aliphatic hydroxyl groups is 5. The number of hydrogen-bond acceptors (Lipinski definition) is 6. The molecule has 12 heavy (non-hydrogen) atoms. The second-order valence-electron chi connectivity index (χ2n) is 2.72. The Morgan fingerprint density at radius 2 is 1.50 bits per heavy atom. The van der Waals surface area contributed by atoms with E-state index in [4.69, 9.17) is 25.5 Å². The quantitative estimate of drug-likeness (QED) is 0.273. The van der Waals surface area contributed by atoms with E-state index in [1.54, 1.807) is 0 Å². The summed E-state index contributed by atoms with van der Waals surface area (Å²) >= 11 is 0. The highest BCUT2D eigenvalue weighted by Crippen LogP contribution is 2.18. The molecule has 1 aliphatic heterocycles. The minimum Gasteiger partial charge on any atom is -0.394 e. The average molecular weight is 182 g/mol. The van der Waals surface area contributed by atoms with Crippen LogP contribution in [0.3, 0.4) is 0 Å². The Morgan fingerprint density at radius 1 is 0.917 bits per heavy atom. The van der Waals surface area contributed by atoms with Gasteiger partial charge in [-0.05, 0) is 0 Å². The maximum Gasteiger partial charge on any atom is 0.184 e. The standard InChI is InChI=1S/C6H12O6/c7-1-2-3(8)4(9)5(10)6(11)12-2/h2-11H,1H2/t2-,3-,4+,5-,6?/m1/s1/i1+1,6+1. The molecule has 0 amide bonds. The van der Waals surface area contributed by atoms with Crippen molar-refractivity contribution in [2.24, 2.45) is 0 Å². The molecule has 0 aromatic rings. The van der Waals surface area contributed by atoms with Crippen molar-refractivity contribution in [1.29, 1.82) is 0 Å². The molecule has 1 aliphatic rings. The van der Waals surface area contributed by atoms with E-state index in [1.165, 1.54) is 0 Å². The summed E-state index contributed by atoms with van der Waals surface area (Å²) < 4.78 is 4.58. The van der Waals surface area contributed by atoms with E-state index < -0.39 is 37.3 Å². The van der Waals surface area contributed by atoms with E-state index in [9.17, 15) is 0 Å². The molecule has 5 N–H and O–H groups in total. The van der Waals surface area contributed by atoms with Crippen molar-refractivity contribution in [1.82, 2.24) is 0 Å². The van der Waals surface area contributed by atoms with Crippen molar-refractivity contribution in [3.63, 3.8) is 0 Å². The summed E-state index contributed by atoms with van der Waals surface area (Å²) in [5.41, 5.74) is 0. The zero-order valence-electron chi connectivity index (χ0n) is 6.24. The maximum atomic E-state index is 9.12. The summed E-state index contributed by atoms with van der Waals surface area (Å²) in [6.07, 6.45) is -7.04. The van der Waals surface area contributed by atoms with Gasteiger partial charge in [-0.25, -0.2) is 0 Å². The van der Waals surface area contributed by atoms with Crippen LogP contribution in [0, 0.1) is 0 Å². The molecule has 1 heterocycles. The largest absolute Gasteiger partial charge is 0.394 e. The van der Waals surface area contributed by atoms with Crippen LogP contribution in [0.15, 0.2) is 0 Å². The van der Waals surface area contributed by atoms with Crippen molar-refractivity contribution in [2.45, 2.75) is 30.7 Å². The Morgan fingerprint density at radius 3 is 2.00 bits per heavy atom.